The Hall–Kier alpha value is -5.11. The van der Waals surface area contributed by atoms with Crippen molar-refractivity contribution in [1.29, 1.82) is 0 Å². The van der Waals surface area contributed by atoms with E-state index in [9.17, 15) is 4.79 Å². The van der Waals surface area contributed by atoms with Gasteiger partial charge in [0.15, 0.2) is 0 Å². The van der Waals surface area contributed by atoms with Gasteiger partial charge in [-0.3, -0.25) is 19.1 Å². The monoisotopic (exact) mass is 469 g/mol. The number of fused-ring (bicyclic) bond motifs is 4. The highest BCUT2D eigenvalue weighted by molar-refractivity contribution is 6.04. The fourth-order valence-corrected chi connectivity index (χ4v) is 4.74. The topological polar surface area (TPSA) is 83.4 Å². The number of rotatable bonds is 3. The maximum Gasteiger partial charge on any atom is 0.333 e. The van der Waals surface area contributed by atoms with E-state index >= 15 is 0 Å². The molecule has 0 aliphatic carbocycles. The van der Waals surface area contributed by atoms with Crippen molar-refractivity contribution in [3.05, 3.63) is 108 Å². The number of benzene rings is 3. The summed E-state index contributed by atoms with van der Waals surface area (Å²) in [5.41, 5.74) is 6.87. The summed E-state index contributed by atoms with van der Waals surface area (Å²) in [6.45, 7) is 0. The van der Waals surface area contributed by atoms with Crippen LogP contribution in [-0.2, 0) is 7.05 Å². The van der Waals surface area contributed by atoms with Crippen LogP contribution in [0.25, 0.3) is 55.3 Å². The van der Waals surface area contributed by atoms with Gasteiger partial charge in [-0.25, -0.2) is 14.5 Å². The Balaban J connectivity index is 1.45. The third-order valence-corrected chi connectivity index (χ3v) is 6.60. The summed E-state index contributed by atoms with van der Waals surface area (Å²) in [7, 11) is 1.77. The van der Waals surface area contributed by atoms with Crippen molar-refractivity contribution in [1.82, 2.24) is 33.9 Å². The Bertz CT molecular complexity index is 1970. The summed E-state index contributed by atoms with van der Waals surface area (Å²) >= 11 is 0. The maximum absolute atomic E-state index is 13.4. The molecule has 3 aromatic carbocycles. The van der Waals surface area contributed by atoms with Crippen molar-refractivity contribution in [2.75, 3.05) is 0 Å². The van der Waals surface area contributed by atoms with E-state index in [1.807, 2.05) is 60.8 Å². The molecular weight excluding hydrogens is 450 g/mol. The second-order valence-corrected chi connectivity index (χ2v) is 8.67. The van der Waals surface area contributed by atoms with Gasteiger partial charge in [0.05, 0.1) is 39.6 Å². The molecule has 0 aliphatic rings. The molecule has 36 heavy (non-hydrogen) atoms. The van der Waals surface area contributed by atoms with Gasteiger partial charge in [-0.15, -0.1) is 0 Å². The highest BCUT2D eigenvalue weighted by Gasteiger charge is 2.17. The summed E-state index contributed by atoms with van der Waals surface area (Å²) in [6, 6.07) is 24.0. The summed E-state index contributed by atoms with van der Waals surface area (Å²) in [6.07, 6.45) is 6.78. The number of hydrogen-bond donors (Lipinski definition) is 0. The summed E-state index contributed by atoms with van der Waals surface area (Å²) in [5.74, 6) is 0. The Kier molecular flexibility index (Phi) is 4.34. The molecule has 8 nitrogen and oxygen atoms in total. The highest BCUT2D eigenvalue weighted by Crippen LogP contribution is 2.30. The average molecular weight is 470 g/mol. The van der Waals surface area contributed by atoms with Gasteiger partial charge in [0.25, 0.3) is 0 Å². The van der Waals surface area contributed by atoms with E-state index in [0.29, 0.717) is 0 Å². The summed E-state index contributed by atoms with van der Waals surface area (Å²) in [4.78, 5) is 26.7. The molecule has 0 amide bonds. The molecule has 4 heterocycles. The predicted molar refractivity (Wildman–Crippen MR) is 139 cm³/mol. The largest absolute Gasteiger partial charge is 0.333 e. The molecule has 7 rings (SSSR count). The van der Waals surface area contributed by atoms with Gasteiger partial charge in [0, 0.05) is 29.6 Å². The quantitative estimate of drug-likeness (QED) is 0.375. The second kappa shape index (κ2) is 7.71. The van der Waals surface area contributed by atoms with Crippen LogP contribution in [0.4, 0.5) is 0 Å². The highest BCUT2D eigenvalue weighted by atomic mass is 16.1. The lowest BCUT2D eigenvalue weighted by Crippen LogP contribution is -2.20. The smallest absolute Gasteiger partial charge is 0.293 e. The normalized spacial score (nSPS) is 11.6. The van der Waals surface area contributed by atoms with Crippen LogP contribution >= 0.6 is 0 Å². The molecule has 0 N–H and O–H groups in total. The van der Waals surface area contributed by atoms with Gasteiger partial charge in [-0.1, -0.05) is 24.3 Å². The summed E-state index contributed by atoms with van der Waals surface area (Å²) in [5, 5.41) is 6.16. The molecule has 8 heteroatoms. The Morgan fingerprint density at radius 2 is 1.58 bits per heavy atom. The van der Waals surface area contributed by atoms with Crippen molar-refractivity contribution >= 4 is 32.8 Å². The Morgan fingerprint density at radius 1 is 0.778 bits per heavy atom. The summed E-state index contributed by atoms with van der Waals surface area (Å²) < 4.78 is 5.06. The van der Waals surface area contributed by atoms with E-state index in [2.05, 4.69) is 38.2 Å². The standard InChI is InChI=1S/C28H19N7O/c1-33-26-15-31-25-11-6-18(20-12-19-4-2-3-5-24(19)30-14-20)13-23(25)27(26)35(28(33)36)22-9-7-21(8-10-22)34-17-29-16-32-34/h2-17H,1H3. The first-order chi connectivity index (χ1) is 17.7. The van der Waals surface area contributed by atoms with Crippen LogP contribution in [0.15, 0.2) is 103 Å². The van der Waals surface area contributed by atoms with E-state index in [1.165, 1.54) is 6.33 Å². The van der Waals surface area contributed by atoms with Gasteiger partial charge < -0.3 is 0 Å². The van der Waals surface area contributed by atoms with Crippen molar-refractivity contribution in [3.63, 3.8) is 0 Å². The Morgan fingerprint density at radius 3 is 2.42 bits per heavy atom. The fraction of sp³-hybridized carbons (Fsp3) is 0.0357. The molecular formula is C28H19N7O. The van der Waals surface area contributed by atoms with Crippen molar-refractivity contribution in [2.24, 2.45) is 7.05 Å². The number of aromatic nitrogens is 7. The van der Waals surface area contributed by atoms with Crippen molar-refractivity contribution < 1.29 is 0 Å². The lowest BCUT2D eigenvalue weighted by Gasteiger charge is -2.09. The molecule has 4 aromatic heterocycles. The van der Waals surface area contributed by atoms with Crippen LogP contribution in [0.5, 0.6) is 0 Å². The number of para-hydroxylation sites is 1. The van der Waals surface area contributed by atoms with Gasteiger partial charge in [-0.2, -0.15) is 5.10 Å². The first kappa shape index (κ1) is 20.3. The predicted octanol–water partition coefficient (Wildman–Crippen LogP) is 4.67. The average Bonchev–Trinajstić information content (AvgIpc) is 3.56. The van der Waals surface area contributed by atoms with E-state index in [-0.39, 0.29) is 5.69 Å². The van der Waals surface area contributed by atoms with Crippen LogP contribution in [0, 0.1) is 0 Å². The number of nitrogens with zero attached hydrogens (tertiary/aromatic N) is 7. The van der Waals surface area contributed by atoms with Crippen LogP contribution in [0.3, 0.4) is 0 Å². The third-order valence-electron chi connectivity index (χ3n) is 6.60. The zero-order valence-corrected chi connectivity index (χ0v) is 19.3. The van der Waals surface area contributed by atoms with Gasteiger partial charge in [-0.05, 0) is 54.1 Å². The minimum atomic E-state index is -0.134. The fourth-order valence-electron chi connectivity index (χ4n) is 4.74. The number of hydrogen-bond acceptors (Lipinski definition) is 5. The van der Waals surface area contributed by atoms with Crippen LogP contribution in [-0.4, -0.2) is 33.9 Å². The van der Waals surface area contributed by atoms with Crippen LogP contribution in [0.2, 0.25) is 0 Å². The van der Waals surface area contributed by atoms with E-state index in [1.54, 1.807) is 33.4 Å². The Labute approximate surface area is 204 Å². The number of imidazole rings is 1. The molecule has 0 radical (unpaired) electrons. The third kappa shape index (κ3) is 3.05. The second-order valence-electron chi connectivity index (χ2n) is 8.67. The SMILES string of the molecule is Cn1c(=O)n(-c2ccc(-n3cncn3)cc2)c2c3cc(-c4cnc5ccccc5c4)ccc3ncc21. The van der Waals surface area contributed by atoms with Gasteiger partial charge in [0.2, 0.25) is 0 Å². The molecule has 0 aliphatic heterocycles. The van der Waals surface area contributed by atoms with Gasteiger partial charge >= 0.3 is 5.69 Å². The zero-order valence-electron chi connectivity index (χ0n) is 19.3. The maximum atomic E-state index is 13.4. The molecule has 0 atom stereocenters. The molecule has 0 saturated carbocycles. The first-order valence-corrected chi connectivity index (χ1v) is 11.5. The van der Waals surface area contributed by atoms with Crippen molar-refractivity contribution in [3.8, 4) is 22.5 Å². The lowest BCUT2D eigenvalue weighted by atomic mass is 10.0. The zero-order chi connectivity index (χ0) is 24.2. The number of pyridine rings is 2. The molecule has 0 saturated heterocycles. The van der Waals surface area contributed by atoms with Gasteiger partial charge in [0.1, 0.15) is 12.7 Å². The molecule has 172 valence electrons. The van der Waals surface area contributed by atoms with E-state index in [0.717, 1.165) is 55.3 Å². The molecule has 0 spiro atoms. The first-order valence-electron chi connectivity index (χ1n) is 11.5. The number of aryl methyl sites for hydroxylation is 1. The minimum absolute atomic E-state index is 0.134. The molecule has 0 bridgehead atoms. The van der Waals surface area contributed by atoms with Crippen molar-refractivity contribution in [2.45, 2.75) is 0 Å². The van der Waals surface area contributed by atoms with Crippen LogP contribution < -0.4 is 5.69 Å². The van der Waals surface area contributed by atoms with E-state index in [4.69, 9.17) is 0 Å². The minimum Gasteiger partial charge on any atom is -0.293 e. The molecule has 7 aromatic rings. The lowest BCUT2D eigenvalue weighted by molar-refractivity contribution is 0.843. The molecule has 0 unspecified atom stereocenters. The molecule has 0 fully saturated rings. The van der Waals surface area contributed by atoms with Crippen LogP contribution in [0.1, 0.15) is 0 Å². The van der Waals surface area contributed by atoms with E-state index < -0.39 is 0 Å².